The number of rotatable bonds is 7. The number of thiazole rings is 1. The van der Waals surface area contributed by atoms with Gasteiger partial charge in [0.05, 0.1) is 23.2 Å². The standard InChI is InChI=1S/C26H22N2O6S/c1-2-31-24(29)11-12-28-20-14-21-22(33-16-32-21)15-23(20)35-26(28)27-25(30)17-7-6-10-19(13-17)34-18-8-4-3-5-9-18/h3-10,13-15H,2,11-12,16H2,1H3. The Hall–Kier alpha value is -4.11. The molecule has 0 unspecified atom stereocenters. The molecule has 0 saturated heterocycles. The Kier molecular flexibility index (Phi) is 6.49. The molecule has 0 N–H and O–H groups in total. The summed E-state index contributed by atoms with van der Waals surface area (Å²) in [6.07, 6.45) is 0.149. The third-order valence-corrected chi connectivity index (χ3v) is 6.32. The van der Waals surface area contributed by atoms with Gasteiger partial charge in [0.2, 0.25) is 6.79 Å². The summed E-state index contributed by atoms with van der Waals surface area (Å²) in [4.78, 5) is 30.0. The molecule has 1 aliphatic heterocycles. The highest BCUT2D eigenvalue weighted by atomic mass is 32.1. The quantitative estimate of drug-likeness (QED) is 0.342. The van der Waals surface area contributed by atoms with E-state index in [2.05, 4.69) is 4.99 Å². The zero-order valence-electron chi connectivity index (χ0n) is 18.9. The number of amides is 1. The highest BCUT2D eigenvalue weighted by molar-refractivity contribution is 7.16. The van der Waals surface area contributed by atoms with Gasteiger partial charge in [-0.15, -0.1) is 0 Å². The Morgan fingerprint density at radius 3 is 2.57 bits per heavy atom. The van der Waals surface area contributed by atoms with Crippen LogP contribution in [0.4, 0.5) is 0 Å². The fourth-order valence-corrected chi connectivity index (χ4v) is 4.73. The molecule has 5 rings (SSSR count). The van der Waals surface area contributed by atoms with Gasteiger partial charge in [0.25, 0.3) is 5.91 Å². The summed E-state index contributed by atoms with van der Waals surface area (Å²) in [6.45, 7) is 2.54. The van der Waals surface area contributed by atoms with Crippen LogP contribution in [-0.4, -0.2) is 29.8 Å². The maximum absolute atomic E-state index is 13.1. The molecule has 9 heteroatoms. The fraction of sp³-hybridized carbons (Fsp3) is 0.192. The van der Waals surface area contributed by atoms with Crippen molar-refractivity contribution in [3.63, 3.8) is 0 Å². The number of carbonyl (C=O) groups excluding carboxylic acids is 2. The second-order valence-electron chi connectivity index (χ2n) is 7.62. The summed E-state index contributed by atoms with van der Waals surface area (Å²) in [5, 5.41) is 0. The molecule has 1 amide bonds. The van der Waals surface area contributed by atoms with Gasteiger partial charge >= 0.3 is 5.97 Å². The van der Waals surface area contributed by atoms with Gasteiger partial charge in [-0.2, -0.15) is 4.99 Å². The van der Waals surface area contributed by atoms with Crippen LogP contribution in [0.1, 0.15) is 23.7 Å². The summed E-state index contributed by atoms with van der Waals surface area (Å²) < 4.78 is 24.6. The molecule has 0 spiro atoms. The van der Waals surface area contributed by atoms with Crippen LogP contribution in [0.3, 0.4) is 0 Å². The topological polar surface area (TPSA) is 88.4 Å². The average molecular weight is 491 g/mol. The molecule has 0 aliphatic carbocycles. The highest BCUT2D eigenvalue weighted by Gasteiger charge is 2.19. The smallest absolute Gasteiger partial charge is 0.307 e. The van der Waals surface area contributed by atoms with E-state index in [-0.39, 0.29) is 19.2 Å². The fourth-order valence-electron chi connectivity index (χ4n) is 3.67. The van der Waals surface area contributed by atoms with Gasteiger partial charge in [-0.05, 0) is 37.3 Å². The number of aromatic nitrogens is 1. The van der Waals surface area contributed by atoms with E-state index < -0.39 is 5.91 Å². The van der Waals surface area contributed by atoms with Crippen LogP contribution in [0, 0.1) is 0 Å². The van der Waals surface area contributed by atoms with E-state index in [1.807, 2.05) is 47.0 Å². The Morgan fingerprint density at radius 2 is 1.77 bits per heavy atom. The zero-order valence-corrected chi connectivity index (χ0v) is 19.7. The molecule has 4 aromatic rings. The van der Waals surface area contributed by atoms with Gasteiger partial charge in [0.1, 0.15) is 11.5 Å². The number of fused-ring (bicyclic) bond motifs is 2. The number of esters is 1. The zero-order chi connectivity index (χ0) is 24.2. The van der Waals surface area contributed by atoms with Gasteiger partial charge in [0.15, 0.2) is 16.3 Å². The SMILES string of the molecule is CCOC(=O)CCn1c(=NC(=O)c2cccc(Oc3ccccc3)c2)sc2cc3c(cc21)OCO3. The van der Waals surface area contributed by atoms with Crippen molar-refractivity contribution >= 4 is 33.4 Å². The lowest BCUT2D eigenvalue weighted by Crippen LogP contribution is -2.19. The first-order valence-electron chi connectivity index (χ1n) is 11.1. The maximum atomic E-state index is 13.1. The third-order valence-electron chi connectivity index (χ3n) is 5.28. The number of carbonyl (C=O) groups is 2. The summed E-state index contributed by atoms with van der Waals surface area (Å²) in [5.74, 6) is 1.73. The molecule has 1 aliphatic rings. The van der Waals surface area contributed by atoms with Crippen molar-refractivity contribution < 1.29 is 28.5 Å². The minimum Gasteiger partial charge on any atom is -0.466 e. The maximum Gasteiger partial charge on any atom is 0.307 e. The van der Waals surface area contributed by atoms with Crippen LogP contribution in [0.15, 0.2) is 71.7 Å². The molecule has 0 saturated carbocycles. The lowest BCUT2D eigenvalue weighted by molar-refractivity contribution is -0.143. The van der Waals surface area contributed by atoms with Gasteiger partial charge < -0.3 is 23.5 Å². The number of para-hydroxylation sites is 1. The second-order valence-corrected chi connectivity index (χ2v) is 8.63. The molecule has 0 radical (unpaired) electrons. The molecule has 2 heterocycles. The number of nitrogens with zero attached hydrogens (tertiary/aromatic N) is 2. The van der Waals surface area contributed by atoms with Gasteiger partial charge in [-0.3, -0.25) is 9.59 Å². The van der Waals surface area contributed by atoms with E-state index in [4.69, 9.17) is 18.9 Å². The predicted molar refractivity (Wildman–Crippen MR) is 130 cm³/mol. The number of aryl methyl sites for hydroxylation is 1. The summed E-state index contributed by atoms with van der Waals surface area (Å²) in [6, 6.07) is 19.9. The Labute approximate surface area is 205 Å². The largest absolute Gasteiger partial charge is 0.466 e. The van der Waals surface area contributed by atoms with Crippen molar-refractivity contribution in [1.82, 2.24) is 4.57 Å². The lowest BCUT2D eigenvalue weighted by atomic mass is 10.2. The van der Waals surface area contributed by atoms with Gasteiger partial charge in [0, 0.05) is 24.2 Å². The monoisotopic (exact) mass is 490 g/mol. The first kappa shape index (κ1) is 22.7. The van der Waals surface area contributed by atoms with Crippen LogP contribution in [0.2, 0.25) is 0 Å². The third kappa shape index (κ3) is 5.04. The molecular weight excluding hydrogens is 468 g/mol. The molecule has 3 aromatic carbocycles. The van der Waals surface area contributed by atoms with Crippen molar-refractivity contribution in [1.29, 1.82) is 0 Å². The van der Waals surface area contributed by atoms with Crippen LogP contribution in [-0.2, 0) is 16.1 Å². The number of benzene rings is 3. The molecule has 0 fully saturated rings. The molecule has 0 bridgehead atoms. The van der Waals surface area contributed by atoms with E-state index in [0.717, 1.165) is 10.2 Å². The molecule has 0 atom stereocenters. The predicted octanol–water partition coefficient (Wildman–Crippen LogP) is 4.92. The Balaban J connectivity index is 1.49. The van der Waals surface area contributed by atoms with Crippen molar-refractivity contribution in [2.45, 2.75) is 19.9 Å². The second kappa shape index (κ2) is 10.0. The number of hydrogen-bond donors (Lipinski definition) is 0. The van der Waals surface area contributed by atoms with Gasteiger partial charge in [-0.1, -0.05) is 35.6 Å². The summed E-state index contributed by atoms with van der Waals surface area (Å²) in [5.41, 5.74) is 1.19. The molecule has 178 valence electrons. The van der Waals surface area contributed by atoms with E-state index in [0.29, 0.717) is 46.5 Å². The molecular formula is C26H22N2O6S. The number of hydrogen-bond acceptors (Lipinski definition) is 7. The molecule has 35 heavy (non-hydrogen) atoms. The highest BCUT2D eigenvalue weighted by Crippen LogP contribution is 2.37. The average Bonchev–Trinajstić information content (AvgIpc) is 3.45. The first-order chi connectivity index (χ1) is 17.1. The van der Waals surface area contributed by atoms with E-state index in [1.165, 1.54) is 11.3 Å². The summed E-state index contributed by atoms with van der Waals surface area (Å²) >= 11 is 1.34. The minimum atomic E-state index is -0.417. The van der Waals surface area contributed by atoms with Crippen LogP contribution in [0.5, 0.6) is 23.0 Å². The Morgan fingerprint density at radius 1 is 1.00 bits per heavy atom. The van der Waals surface area contributed by atoms with Crippen LogP contribution < -0.4 is 19.0 Å². The molecule has 8 nitrogen and oxygen atoms in total. The van der Waals surface area contributed by atoms with Crippen LogP contribution >= 0.6 is 11.3 Å². The van der Waals surface area contributed by atoms with Crippen molar-refractivity contribution in [2.75, 3.05) is 13.4 Å². The normalized spacial score (nSPS) is 12.7. The number of ether oxygens (including phenoxy) is 4. The van der Waals surface area contributed by atoms with Crippen LogP contribution in [0.25, 0.3) is 10.2 Å². The lowest BCUT2D eigenvalue weighted by Gasteiger charge is -2.07. The van der Waals surface area contributed by atoms with E-state index in [1.54, 1.807) is 31.2 Å². The minimum absolute atomic E-state index is 0.149. The van der Waals surface area contributed by atoms with Gasteiger partial charge in [-0.25, -0.2) is 0 Å². The summed E-state index contributed by atoms with van der Waals surface area (Å²) in [7, 11) is 0. The van der Waals surface area contributed by atoms with Crippen molar-refractivity contribution in [3.8, 4) is 23.0 Å². The van der Waals surface area contributed by atoms with E-state index >= 15 is 0 Å². The van der Waals surface area contributed by atoms with E-state index in [9.17, 15) is 9.59 Å². The molecule has 1 aromatic heterocycles. The van der Waals surface area contributed by atoms with Crippen molar-refractivity contribution in [3.05, 3.63) is 77.1 Å². The van der Waals surface area contributed by atoms with Crippen molar-refractivity contribution in [2.24, 2.45) is 4.99 Å². The Bertz CT molecular complexity index is 1460. The first-order valence-corrected chi connectivity index (χ1v) is 11.9.